The van der Waals surface area contributed by atoms with Crippen LogP contribution in [0.25, 0.3) is 0 Å². The third kappa shape index (κ3) is 5.37. The van der Waals surface area contributed by atoms with Crippen molar-refractivity contribution in [1.29, 1.82) is 0 Å². The van der Waals surface area contributed by atoms with Gasteiger partial charge in [0.2, 0.25) is 5.91 Å². The van der Waals surface area contributed by atoms with E-state index in [0.717, 1.165) is 19.4 Å². The van der Waals surface area contributed by atoms with Gasteiger partial charge in [0.15, 0.2) is 0 Å². The molecule has 1 aliphatic rings. The van der Waals surface area contributed by atoms with Gasteiger partial charge in [0.25, 0.3) is 5.91 Å². The maximum absolute atomic E-state index is 11.9. The average Bonchev–Trinajstić information content (AvgIpc) is 3.28. The van der Waals surface area contributed by atoms with Crippen molar-refractivity contribution in [3.8, 4) is 0 Å². The highest BCUT2D eigenvalue weighted by Crippen LogP contribution is 2.18. The van der Waals surface area contributed by atoms with Crippen LogP contribution in [-0.4, -0.2) is 40.9 Å². The highest BCUT2D eigenvalue weighted by Gasteiger charge is 2.22. The van der Waals surface area contributed by atoms with Gasteiger partial charge < -0.3 is 16.0 Å². The van der Waals surface area contributed by atoms with Crippen molar-refractivity contribution in [2.24, 2.45) is 0 Å². The van der Waals surface area contributed by atoms with Crippen LogP contribution in [0.3, 0.4) is 0 Å². The van der Waals surface area contributed by atoms with Gasteiger partial charge in [-0.1, -0.05) is 0 Å². The molecule has 0 radical (unpaired) electrons. The molecular weight excluding hydrogens is 270 g/mol. The summed E-state index contributed by atoms with van der Waals surface area (Å²) in [4.78, 5) is 31.5. The van der Waals surface area contributed by atoms with E-state index in [1.165, 1.54) is 6.20 Å². The van der Waals surface area contributed by atoms with Gasteiger partial charge in [-0.25, -0.2) is 4.98 Å². The largest absolute Gasteiger partial charge is 0.369 e. The predicted molar refractivity (Wildman–Crippen MR) is 78.9 cm³/mol. The molecule has 0 aromatic carbocycles. The summed E-state index contributed by atoms with van der Waals surface area (Å²) >= 11 is 0. The van der Waals surface area contributed by atoms with E-state index in [1.54, 1.807) is 6.20 Å². The maximum Gasteiger partial charge on any atom is 0.271 e. The Morgan fingerprint density at radius 1 is 1.33 bits per heavy atom. The lowest BCUT2D eigenvalue weighted by Crippen LogP contribution is -2.29. The number of rotatable bonds is 8. The standard InChI is InChI=1S/C14H21N5O2/c1-2-16-12-9-15-8-11(19-12)14(21)17-7-3-4-13(20)18-10-5-6-10/h8-10H,2-7H2,1H3,(H,16,19)(H,17,21)(H,18,20). The molecule has 0 saturated heterocycles. The van der Waals surface area contributed by atoms with Gasteiger partial charge in [-0.3, -0.25) is 14.6 Å². The molecule has 0 aliphatic heterocycles. The van der Waals surface area contributed by atoms with E-state index in [4.69, 9.17) is 0 Å². The van der Waals surface area contributed by atoms with E-state index in [1.807, 2.05) is 6.92 Å². The highest BCUT2D eigenvalue weighted by molar-refractivity contribution is 5.92. The molecule has 7 heteroatoms. The molecule has 21 heavy (non-hydrogen) atoms. The minimum absolute atomic E-state index is 0.0562. The van der Waals surface area contributed by atoms with E-state index >= 15 is 0 Å². The Hall–Kier alpha value is -2.18. The Bertz CT molecular complexity index is 502. The van der Waals surface area contributed by atoms with Crippen LogP contribution < -0.4 is 16.0 Å². The van der Waals surface area contributed by atoms with Crippen LogP contribution in [-0.2, 0) is 4.79 Å². The Balaban J connectivity index is 1.68. The first-order chi connectivity index (χ1) is 10.2. The highest BCUT2D eigenvalue weighted by atomic mass is 16.2. The second-order valence-electron chi connectivity index (χ2n) is 5.02. The zero-order valence-electron chi connectivity index (χ0n) is 12.2. The number of hydrogen-bond donors (Lipinski definition) is 3. The predicted octanol–water partition coefficient (Wildman–Crippen LogP) is 0.697. The van der Waals surface area contributed by atoms with Gasteiger partial charge in [-0.05, 0) is 26.2 Å². The summed E-state index contributed by atoms with van der Waals surface area (Å²) in [6.07, 6.45) is 6.22. The van der Waals surface area contributed by atoms with E-state index < -0.39 is 0 Å². The van der Waals surface area contributed by atoms with E-state index in [9.17, 15) is 9.59 Å². The second kappa shape index (κ2) is 7.56. The molecule has 1 aromatic rings. The molecule has 3 N–H and O–H groups in total. The fourth-order valence-corrected chi connectivity index (χ4v) is 1.81. The van der Waals surface area contributed by atoms with Crippen molar-refractivity contribution in [3.63, 3.8) is 0 Å². The molecule has 1 heterocycles. The summed E-state index contributed by atoms with van der Waals surface area (Å²) in [6.45, 7) is 3.11. The average molecular weight is 291 g/mol. The summed E-state index contributed by atoms with van der Waals surface area (Å²) < 4.78 is 0. The van der Waals surface area contributed by atoms with Crippen molar-refractivity contribution >= 4 is 17.6 Å². The number of nitrogens with one attached hydrogen (secondary N) is 3. The lowest BCUT2D eigenvalue weighted by atomic mass is 10.3. The molecule has 0 unspecified atom stereocenters. The van der Waals surface area contributed by atoms with Crippen LogP contribution in [0.15, 0.2) is 12.4 Å². The molecule has 1 aromatic heterocycles. The zero-order valence-corrected chi connectivity index (χ0v) is 12.2. The molecule has 1 aliphatic carbocycles. The number of amides is 2. The molecule has 2 amide bonds. The van der Waals surface area contributed by atoms with Crippen LogP contribution in [0.5, 0.6) is 0 Å². The number of aromatic nitrogens is 2. The lowest BCUT2D eigenvalue weighted by molar-refractivity contribution is -0.121. The van der Waals surface area contributed by atoms with Gasteiger partial charge in [-0.2, -0.15) is 0 Å². The fourth-order valence-electron chi connectivity index (χ4n) is 1.81. The van der Waals surface area contributed by atoms with Crippen molar-refractivity contribution < 1.29 is 9.59 Å². The molecule has 0 bridgehead atoms. The van der Waals surface area contributed by atoms with Gasteiger partial charge in [0.05, 0.1) is 12.4 Å². The summed E-state index contributed by atoms with van der Waals surface area (Å²) in [5.74, 6) is 0.361. The van der Waals surface area contributed by atoms with Crippen LogP contribution in [0.2, 0.25) is 0 Å². The monoisotopic (exact) mass is 291 g/mol. The Morgan fingerprint density at radius 2 is 2.14 bits per heavy atom. The summed E-state index contributed by atoms with van der Waals surface area (Å²) in [6, 6.07) is 0.385. The minimum Gasteiger partial charge on any atom is -0.369 e. The molecule has 2 rings (SSSR count). The van der Waals surface area contributed by atoms with Gasteiger partial charge >= 0.3 is 0 Å². The van der Waals surface area contributed by atoms with Gasteiger partial charge in [0.1, 0.15) is 11.5 Å². The van der Waals surface area contributed by atoms with E-state index in [-0.39, 0.29) is 17.5 Å². The summed E-state index contributed by atoms with van der Waals surface area (Å²) in [5, 5.41) is 8.66. The zero-order chi connectivity index (χ0) is 15.1. The molecule has 114 valence electrons. The number of carbonyl (C=O) groups is 2. The van der Waals surface area contributed by atoms with Gasteiger partial charge in [0, 0.05) is 25.6 Å². The van der Waals surface area contributed by atoms with E-state index in [0.29, 0.717) is 31.2 Å². The molecule has 0 spiro atoms. The van der Waals surface area contributed by atoms with Crippen LogP contribution in [0.1, 0.15) is 43.1 Å². The van der Waals surface area contributed by atoms with Crippen molar-refractivity contribution in [1.82, 2.24) is 20.6 Å². The summed E-state index contributed by atoms with van der Waals surface area (Å²) in [5.41, 5.74) is 0.274. The quantitative estimate of drug-likeness (QED) is 0.613. The Kier molecular flexibility index (Phi) is 5.48. The first-order valence-electron chi connectivity index (χ1n) is 7.32. The first kappa shape index (κ1) is 15.2. The molecule has 1 fully saturated rings. The first-order valence-corrected chi connectivity index (χ1v) is 7.32. The number of anilines is 1. The second-order valence-corrected chi connectivity index (χ2v) is 5.02. The van der Waals surface area contributed by atoms with Crippen LogP contribution in [0.4, 0.5) is 5.82 Å². The van der Waals surface area contributed by atoms with Crippen molar-refractivity contribution in [2.45, 2.75) is 38.6 Å². The van der Waals surface area contributed by atoms with Crippen LogP contribution >= 0.6 is 0 Å². The van der Waals surface area contributed by atoms with Crippen molar-refractivity contribution in [2.75, 3.05) is 18.4 Å². The lowest BCUT2D eigenvalue weighted by Gasteiger charge is -2.06. The van der Waals surface area contributed by atoms with Crippen molar-refractivity contribution in [3.05, 3.63) is 18.1 Å². The topological polar surface area (TPSA) is 96.0 Å². The Labute approximate surface area is 123 Å². The molecule has 0 atom stereocenters. The normalized spacial score (nSPS) is 13.6. The SMILES string of the molecule is CCNc1cncc(C(=O)NCCCC(=O)NC2CC2)n1. The third-order valence-electron chi connectivity index (χ3n) is 3.03. The number of hydrogen-bond acceptors (Lipinski definition) is 5. The molecule has 1 saturated carbocycles. The maximum atomic E-state index is 11.9. The summed E-state index contributed by atoms with van der Waals surface area (Å²) in [7, 11) is 0. The number of nitrogens with zero attached hydrogens (tertiary/aromatic N) is 2. The minimum atomic E-state index is -0.273. The molecular formula is C14H21N5O2. The fraction of sp³-hybridized carbons (Fsp3) is 0.571. The van der Waals surface area contributed by atoms with Crippen LogP contribution in [0, 0.1) is 0 Å². The van der Waals surface area contributed by atoms with Gasteiger partial charge in [-0.15, -0.1) is 0 Å². The third-order valence-corrected chi connectivity index (χ3v) is 3.03. The number of carbonyl (C=O) groups excluding carboxylic acids is 2. The Morgan fingerprint density at radius 3 is 2.86 bits per heavy atom. The smallest absolute Gasteiger partial charge is 0.271 e. The van der Waals surface area contributed by atoms with E-state index in [2.05, 4.69) is 25.9 Å². The molecule has 7 nitrogen and oxygen atoms in total.